The number of hydrogen-bond acceptors (Lipinski definition) is 11. The van der Waals surface area contributed by atoms with Crippen molar-refractivity contribution in [3.05, 3.63) is 51.5 Å². The summed E-state index contributed by atoms with van der Waals surface area (Å²) in [5.41, 5.74) is 1.25. The molecule has 0 fully saturated rings. The van der Waals surface area contributed by atoms with Crippen molar-refractivity contribution in [2.75, 3.05) is 34.7 Å². The quantitative estimate of drug-likeness (QED) is 0.207. The van der Waals surface area contributed by atoms with E-state index in [1.54, 1.807) is 32.0 Å². The number of phenolic OH excluding ortho intramolecular Hbond substituents is 1. The first kappa shape index (κ1) is 29.2. The summed E-state index contributed by atoms with van der Waals surface area (Å²) in [6.07, 6.45) is -1.66. The molecular formula is C27H34N4O9. The number of Topliss-reactive ketones (excluding diaryl/α,β-unsaturated/α-hetero) is 2. The van der Waals surface area contributed by atoms with Crippen molar-refractivity contribution < 1.29 is 44.7 Å². The normalized spacial score (nSPS) is 29.9. The van der Waals surface area contributed by atoms with Crippen molar-refractivity contribution in [2.45, 2.75) is 37.1 Å². The molecule has 0 radical (unpaired) electrons. The third kappa shape index (κ3) is 4.08. The smallest absolute Gasteiger partial charge is 0.255 e. The molecule has 3 aliphatic carbocycles. The van der Waals surface area contributed by atoms with Gasteiger partial charge in [0, 0.05) is 23.6 Å². The number of amides is 2. The Morgan fingerprint density at radius 2 is 1.73 bits per heavy atom. The van der Waals surface area contributed by atoms with Crippen LogP contribution in [0.4, 0.5) is 0 Å². The minimum atomic E-state index is -2.98. The van der Waals surface area contributed by atoms with Gasteiger partial charge in [-0.2, -0.15) is 0 Å². The van der Waals surface area contributed by atoms with E-state index in [2.05, 4.69) is 5.32 Å². The van der Waals surface area contributed by atoms with E-state index in [0.29, 0.717) is 5.56 Å². The molecule has 2 amide bonds. The Labute approximate surface area is 230 Å². The topological polar surface area (TPSA) is 214 Å². The molecular weight excluding hydrogens is 524 g/mol. The van der Waals surface area contributed by atoms with E-state index in [9.17, 15) is 44.7 Å². The lowest BCUT2D eigenvalue weighted by atomic mass is 9.55. The number of fused-ring (bicyclic) bond motifs is 3. The van der Waals surface area contributed by atoms with Crippen molar-refractivity contribution in [3.63, 3.8) is 0 Å². The maximum atomic E-state index is 13.9. The number of nitrogens with one attached hydrogen (secondary N) is 1. The van der Waals surface area contributed by atoms with E-state index < -0.39 is 81.4 Å². The summed E-state index contributed by atoms with van der Waals surface area (Å²) < 4.78 is 0. The van der Waals surface area contributed by atoms with Gasteiger partial charge in [0.05, 0.1) is 30.2 Å². The Morgan fingerprint density at radius 1 is 1.10 bits per heavy atom. The highest BCUT2D eigenvalue weighted by atomic mass is 16.4. The van der Waals surface area contributed by atoms with Gasteiger partial charge in [-0.1, -0.05) is 19.1 Å². The highest BCUT2D eigenvalue weighted by Gasteiger charge is 2.67. The van der Waals surface area contributed by atoms with Crippen LogP contribution in [0.15, 0.2) is 34.8 Å². The maximum Gasteiger partial charge on any atom is 0.255 e. The van der Waals surface area contributed by atoms with Gasteiger partial charge in [-0.05, 0) is 39.7 Å². The summed E-state index contributed by atoms with van der Waals surface area (Å²) in [5, 5.41) is 59.3. The van der Waals surface area contributed by atoms with Crippen molar-refractivity contribution in [2.24, 2.45) is 17.6 Å². The number of nitrogens with two attached hydrogens (primary N) is 1. The number of aliphatic hydroxyl groups excluding tert-OH is 3. The number of nitrogens with zero attached hydrogens (tertiary/aromatic N) is 2. The van der Waals surface area contributed by atoms with Crippen LogP contribution in [0.3, 0.4) is 0 Å². The lowest BCUT2D eigenvalue weighted by Crippen LogP contribution is -2.68. The first-order valence-electron chi connectivity index (χ1n) is 12.7. The molecule has 8 N–H and O–H groups in total. The highest BCUT2D eigenvalue weighted by molar-refractivity contribution is 6.25. The lowest BCUT2D eigenvalue weighted by Gasteiger charge is -2.53. The molecule has 0 aromatic heterocycles. The van der Waals surface area contributed by atoms with E-state index in [4.69, 9.17) is 5.73 Å². The van der Waals surface area contributed by atoms with Crippen molar-refractivity contribution in [1.82, 2.24) is 15.1 Å². The number of primary amides is 1. The van der Waals surface area contributed by atoms with Crippen LogP contribution in [0.2, 0.25) is 0 Å². The molecule has 0 bridgehead atoms. The van der Waals surface area contributed by atoms with Gasteiger partial charge in [0.15, 0.2) is 11.4 Å². The third-order valence-electron chi connectivity index (χ3n) is 8.15. The van der Waals surface area contributed by atoms with E-state index >= 15 is 0 Å². The average Bonchev–Trinajstić information content (AvgIpc) is 2.84. The van der Waals surface area contributed by atoms with Crippen molar-refractivity contribution in [1.29, 1.82) is 0 Å². The number of carbonyl (C=O) groups excluding carboxylic acids is 4. The molecule has 1 aromatic carbocycles. The number of hydrogen-bond donors (Lipinski definition) is 7. The van der Waals surface area contributed by atoms with Crippen LogP contribution < -0.4 is 11.1 Å². The fourth-order valence-electron chi connectivity index (χ4n) is 6.35. The Morgan fingerprint density at radius 3 is 2.27 bits per heavy atom. The molecule has 6 atom stereocenters. The van der Waals surface area contributed by atoms with E-state index in [0.717, 1.165) is 0 Å². The summed E-state index contributed by atoms with van der Waals surface area (Å²) in [7, 11) is 6.37. The van der Waals surface area contributed by atoms with E-state index in [-0.39, 0.29) is 30.1 Å². The van der Waals surface area contributed by atoms with Gasteiger partial charge in [-0.3, -0.25) is 24.1 Å². The summed E-state index contributed by atoms with van der Waals surface area (Å²) >= 11 is 0. The predicted molar refractivity (Wildman–Crippen MR) is 140 cm³/mol. The molecule has 0 aliphatic heterocycles. The molecule has 0 spiro atoms. The fraction of sp³-hybridized carbons (Fsp3) is 0.481. The minimum absolute atomic E-state index is 0.0982. The summed E-state index contributed by atoms with van der Waals surface area (Å²) in [5.74, 6) is -9.81. The minimum Gasteiger partial charge on any atom is -0.510 e. The molecule has 3 aliphatic rings. The maximum absolute atomic E-state index is 13.9. The zero-order chi connectivity index (χ0) is 30.0. The molecule has 4 rings (SSSR count). The molecule has 1 aromatic rings. The van der Waals surface area contributed by atoms with Crippen LogP contribution in [-0.4, -0.2) is 111 Å². The number of phenols is 1. The standard InChI is InChI=1S/C27H34N4O9/c1-10-12-7-6-11(8-29-13(32)9-30(2)3)20(33)15(12)21(34)16-14(10)22(35)18-19(31(4)5)23(36)17(26(28)39)25(38)27(18,40)24(16)37/h6-7,10,14,18-19,22,33,35-37,40H,8-9H2,1-5H3,(H2,28,39)(H,29,32)/t10-,14+,18+,19-,22-,27-/m0/s1. The first-order valence-corrected chi connectivity index (χ1v) is 12.7. The molecule has 216 valence electrons. The van der Waals surface area contributed by atoms with Gasteiger partial charge >= 0.3 is 0 Å². The zero-order valence-corrected chi connectivity index (χ0v) is 22.8. The predicted octanol–water partition coefficient (Wildman–Crippen LogP) is -1.17. The molecule has 0 saturated heterocycles. The SMILES string of the molecule is C[C@H]1c2ccc(CNC(=O)CN(C)C)c(O)c2C(=O)C2=C(O)[C@]3(O)C(=O)C(C(N)=O)=C(O)[C@@H](N(C)C)[C@@H]3[C@@H](O)[C@@H]21. The van der Waals surface area contributed by atoms with E-state index in [1.807, 2.05) is 0 Å². The van der Waals surface area contributed by atoms with Crippen LogP contribution in [0, 0.1) is 11.8 Å². The molecule has 0 saturated carbocycles. The third-order valence-corrected chi connectivity index (χ3v) is 8.15. The molecule has 40 heavy (non-hydrogen) atoms. The number of carbonyl (C=O) groups is 4. The average molecular weight is 559 g/mol. The number of benzene rings is 1. The second-order valence-corrected chi connectivity index (χ2v) is 11.1. The number of aromatic hydroxyl groups is 1. The zero-order valence-electron chi connectivity index (χ0n) is 22.8. The summed E-state index contributed by atoms with van der Waals surface area (Å²) in [4.78, 5) is 54.5. The highest BCUT2D eigenvalue weighted by Crippen LogP contribution is 2.55. The number of ketones is 2. The Bertz CT molecular complexity index is 1380. The number of aliphatic hydroxyl groups is 4. The van der Waals surface area contributed by atoms with Crippen molar-refractivity contribution >= 4 is 23.4 Å². The number of likely N-dealkylation sites (N-methyl/N-ethyl adjacent to an activating group) is 2. The van der Waals surface area contributed by atoms with Crippen molar-refractivity contribution in [3.8, 4) is 5.75 Å². The first-order chi connectivity index (χ1) is 18.6. The lowest BCUT2D eigenvalue weighted by molar-refractivity contribution is -0.162. The van der Waals surface area contributed by atoms with Gasteiger partial charge in [-0.15, -0.1) is 0 Å². The van der Waals surface area contributed by atoms with Gasteiger partial charge in [0.2, 0.25) is 11.7 Å². The van der Waals surface area contributed by atoms with Crippen LogP contribution in [0.1, 0.15) is 34.3 Å². The summed E-state index contributed by atoms with van der Waals surface area (Å²) in [6, 6.07) is 1.79. The fourth-order valence-corrected chi connectivity index (χ4v) is 6.35. The summed E-state index contributed by atoms with van der Waals surface area (Å²) in [6.45, 7) is 1.64. The van der Waals surface area contributed by atoms with Gasteiger partial charge in [0.1, 0.15) is 22.8 Å². The Balaban J connectivity index is 1.88. The van der Waals surface area contributed by atoms with Crippen LogP contribution in [-0.2, 0) is 20.9 Å². The van der Waals surface area contributed by atoms with Gasteiger partial charge < -0.3 is 41.5 Å². The Kier molecular flexibility index (Phi) is 7.30. The van der Waals surface area contributed by atoms with Crippen LogP contribution in [0.25, 0.3) is 0 Å². The second kappa shape index (κ2) is 10.0. The molecule has 13 heteroatoms. The van der Waals surface area contributed by atoms with Gasteiger partial charge in [-0.25, -0.2) is 0 Å². The van der Waals surface area contributed by atoms with Crippen LogP contribution >= 0.6 is 0 Å². The van der Waals surface area contributed by atoms with Crippen LogP contribution in [0.5, 0.6) is 5.75 Å². The monoisotopic (exact) mass is 558 g/mol. The van der Waals surface area contributed by atoms with Gasteiger partial charge in [0.25, 0.3) is 5.91 Å². The molecule has 0 unspecified atom stereocenters. The largest absolute Gasteiger partial charge is 0.510 e. The van der Waals surface area contributed by atoms with E-state index in [1.165, 1.54) is 25.1 Å². The number of rotatable bonds is 6. The molecule has 0 heterocycles. The molecule has 13 nitrogen and oxygen atoms in total. The second-order valence-electron chi connectivity index (χ2n) is 11.1. The Hall–Kier alpha value is -3.78.